The molecule has 16 heavy (non-hydrogen) atoms. The van der Waals surface area contributed by atoms with E-state index >= 15 is 0 Å². The lowest BCUT2D eigenvalue weighted by atomic mass is 9.81. The molecule has 2 rings (SSSR count). The van der Waals surface area contributed by atoms with Crippen molar-refractivity contribution in [1.29, 1.82) is 0 Å². The zero-order valence-electron chi connectivity index (χ0n) is 10.5. The third-order valence-electron chi connectivity index (χ3n) is 4.05. The van der Waals surface area contributed by atoms with Gasteiger partial charge in [0.15, 0.2) is 0 Å². The van der Waals surface area contributed by atoms with Crippen molar-refractivity contribution in [3.05, 3.63) is 18.0 Å². The predicted molar refractivity (Wildman–Crippen MR) is 66.4 cm³/mol. The van der Waals surface area contributed by atoms with Gasteiger partial charge >= 0.3 is 0 Å². The molecule has 0 bridgehead atoms. The highest BCUT2D eigenvalue weighted by molar-refractivity contribution is 5.01. The van der Waals surface area contributed by atoms with Crippen LogP contribution in [0.5, 0.6) is 0 Å². The van der Waals surface area contributed by atoms with Crippen LogP contribution in [0.2, 0.25) is 0 Å². The maximum Gasteiger partial charge on any atom is 0.0492 e. The molecule has 0 atom stereocenters. The number of nitrogens with one attached hydrogen (secondary N) is 1. The Bertz CT molecular complexity index is 324. The van der Waals surface area contributed by atoms with Crippen molar-refractivity contribution in [2.45, 2.75) is 38.5 Å². The third-order valence-corrected chi connectivity index (χ3v) is 4.05. The van der Waals surface area contributed by atoms with Gasteiger partial charge in [-0.1, -0.05) is 12.8 Å². The average molecular weight is 221 g/mol. The fraction of sp³-hybridized carbons (Fsp3) is 0.769. The lowest BCUT2D eigenvalue weighted by Gasteiger charge is -2.28. The minimum absolute atomic E-state index is 0.555. The molecular formula is C13H23N3. The number of aromatic nitrogens is 2. The quantitative estimate of drug-likeness (QED) is 0.825. The van der Waals surface area contributed by atoms with E-state index in [1.165, 1.54) is 44.3 Å². The van der Waals surface area contributed by atoms with Gasteiger partial charge in [0.2, 0.25) is 0 Å². The van der Waals surface area contributed by atoms with Gasteiger partial charge in [0.1, 0.15) is 0 Å². The summed E-state index contributed by atoms with van der Waals surface area (Å²) >= 11 is 0. The van der Waals surface area contributed by atoms with E-state index in [1.54, 1.807) is 0 Å². The Hall–Kier alpha value is -0.830. The fourth-order valence-electron chi connectivity index (χ4n) is 3.05. The molecule has 3 heteroatoms. The summed E-state index contributed by atoms with van der Waals surface area (Å²) in [6.07, 6.45) is 9.97. The molecule has 1 fully saturated rings. The Balaban J connectivity index is 1.94. The van der Waals surface area contributed by atoms with Crippen LogP contribution in [0.4, 0.5) is 0 Å². The van der Waals surface area contributed by atoms with Crippen LogP contribution in [0.3, 0.4) is 0 Å². The van der Waals surface area contributed by atoms with Crippen molar-refractivity contribution in [2.24, 2.45) is 12.5 Å². The van der Waals surface area contributed by atoms with Crippen LogP contribution in [-0.2, 0) is 13.5 Å². The first-order valence-corrected chi connectivity index (χ1v) is 6.37. The number of aryl methyl sites for hydroxylation is 2. The maximum atomic E-state index is 4.23. The lowest BCUT2D eigenvalue weighted by molar-refractivity contribution is 0.262. The highest BCUT2D eigenvalue weighted by Gasteiger charge is 2.32. The van der Waals surface area contributed by atoms with Crippen molar-refractivity contribution in [3.8, 4) is 0 Å². The van der Waals surface area contributed by atoms with Gasteiger partial charge in [-0.25, -0.2) is 0 Å². The molecule has 1 N–H and O–H groups in total. The van der Waals surface area contributed by atoms with E-state index in [0.29, 0.717) is 5.41 Å². The van der Waals surface area contributed by atoms with E-state index in [-0.39, 0.29) is 0 Å². The number of nitrogens with zero attached hydrogens (tertiary/aromatic N) is 2. The van der Waals surface area contributed by atoms with Crippen molar-refractivity contribution >= 4 is 0 Å². The Morgan fingerprint density at radius 2 is 2.19 bits per heavy atom. The SMILES string of the molecule is CNCC1(CCc2ccnn2C)CCCC1. The molecule has 0 spiro atoms. The second-order valence-electron chi connectivity index (χ2n) is 5.18. The zero-order valence-corrected chi connectivity index (χ0v) is 10.5. The van der Waals surface area contributed by atoms with E-state index in [0.717, 1.165) is 6.42 Å². The molecule has 0 amide bonds. The van der Waals surface area contributed by atoms with E-state index in [4.69, 9.17) is 0 Å². The standard InChI is InChI=1S/C13H23N3/c1-14-11-13(7-3-4-8-13)9-5-12-6-10-15-16(12)2/h6,10,14H,3-5,7-9,11H2,1-2H3. The Morgan fingerprint density at radius 3 is 2.75 bits per heavy atom. The van der Waals surface area contributed by atoms with Crippen molar-refractivity contribution in [2.75, 3.05) is 13.6 Å². The van der Waals surface area contributed by atoms with Crippen LogP contribution in [0.25, 0.3) is 0 Å². The zero-order chi connectivity index (χ0) is 11.4. The van der Waals surface area contributed by atoms with Crippen LogP contribution in [-0.4, -0.2) is 23.4 Å². The molecular weight excluding hydrogens is 198 g/mol. The van der Waals surface area contributed by atoms with E-state index in [2.05, 4.69) is 23.5 Å². The molecule has 0 aliphatic heterocycles. The smallest absolute Gasteiger partial charge is 0.0492 e. The Labute approximate surface area is 98.2 Å². The molecule has 1 aromatic rings. The summed E-state index contributed by atoms with van der Waals surface area (Å²) in [5.41, 5.74) is 1.92. The summed E-state index contributed by atoms with van der Waals surface area (Å²) < 4.78 is 2.00. The van der Waals surface area contributed by atoms with Crippen LogP contribution >= 0.6 is 0 Å². The van der Waals surface area contributed by atoms with Crippen molar-refractivity contribution in [3.63, 3.8) is 0 Å². The summed E-state index contributed by atoms with van der Waals surface area (Å²) in [5, 5.41) is 7.60. The van der Waals surface area contributed by atoms with Crippen LogP contribution in [0.15, 0.2) is 12.3 Å². The molecule has 0 radical (unpaired) electrons. The largest absolute Gasteiger partial charge is 0.319 e. The highest BCUT2D eigenvalue weighted by Crippen LogP contribution is 2.41. The lowest BCUT2D eigenvalue weighted by Crippen LogP contribution is -2.30. The number of hydrogen-bond donors (Lipinski definition) is 1. The Morgan fingerprint density at radius 1 is 1.44 bits per heavy atom. The summed E-state index contributed by atoms with van der Waals surface area (Å²) in [6, 6.07) is 2.14. The second kappa shape index (κ2) is 5.00. The van der Waals surface area contributed by atoms with Gasteiger partial charge in [0.25, 0.3) is 0 Å². The molecule has 0 unspecified atom stereocenters. The minimum Gasteiger partial charge on any atom is -0.319 e. The molecule has 0 aromatic carbocycles. The third kappa shape index (κ3) is 2.46. The molecule has 0 saturated heterocycles. The van der Waals surface area contributed by atoms with Gasteiger partial charge < -0.3 is 5.32 Å². The molecule has 90 valence electrons. The molecule has 1 aliphatic carbocycles. The summed E-state index contributed by atoms with van der Waals surface area (Å²) in [4.78, 5) is 0. The molecule has 1 aromatic heterocycles. The molecule has 1 saturated carbocycles. The van der Waals surface area contributed by atoms with Gasteiger partial charge in [-0.3, -0.25) is 4.68 Å². The normalized spacial score (nSPS) is 19.1. The summed E-state index contributed by atoms with van der Waals surface area (Å²) in [5.74, 6) is 0. The molecule has 1 heterocycles. The van der Waals surface area contributed by atoms with Crippen molar-refractivity contribution in [1.82, 2.24) is 15.1 Å². The first-order chi connectivity index (χ1) is 7.76. The highest BCUT2D eigenvalue weighted by atomic mass is 15.2. The van der Waals surface area contributed by atoms with Gasteiger partial charge in [0, 0.05) is 25.5 Å². The fourth-order valence-corrected chi connectivity index (χ4v) is 3.05. The summed E-state index contributed by atoms with van der Waals surface area (Å²) in [7, 11) is 4.11. The first kappa shape index (κ1) is 11.6. The maximum absolute atomic E-state index is 4.23. The number of rotatable bonds is 5. The topological polar surface area (TPSA) is 29.9 Å². The monoisotopic (exact) mass is 221 g/mol. The first-order valence-electron chi connectivity index (χ1n) is 6.37. The average Bonchev–Trinajstić information content (AvgIpc) is 2.86. The van der Waals surface area contributed by atoms with E-state index < -0.39 is 0 Å². The predicted octanol–water partition coefficient (Wildman–Crippen LogP) is 2.13. The molecule has 1 aliphatic rings. The Kier molecular flexibility index (Phi) is 3.64. The van der Waals surface area contributed by atoms with E-state index in [1.807, 2.05) is 17.9 Å². The van der Waals surface area contributed by atoms with Gasteiger partial charge in [-0.15, -0.1) is 0 Å². The van der Waals surface area contributed by atoms with Crippen LogP contribution < -0.4 is 5.32 Å². The van der Waals surface area contributed by atoms with Gasteiger partial charge in [-0.05, 0) is 44.2 Å². The van der Waals surface area contributed by atoms with Crippen molar-refractivity contribution < 1.29 is 0 Å². The van der Waals surface area contributed by atoms with Gasteiger partial charge in [0.05, 0.1) is 0 Å². The van der Waals surface area contributed by atoms with Crippen LogP contribution in [0, 0.1) is 5.41 Å². The van der Waals surface area contributed by atoms with E-state index in [9.17, 15) is 0 Å². The number of hydrogen-bond acceptors (Lipinski definition) is 2. The minimum atomic E-state index is 0.555. The molecule has 3 nitrogen and oxygen atoms in total. The summed E-state index contributed by atoms with van der Waals surface area (Å²) in [6.45, 7) is 1.17. The second-order valence-corrected chi connectivity index (χ2v) is 5.18. The van der Waals surface area contributed by atoms with Crippen LogP contribution in [0.1, 0.15) is 37.8 Å². The van der Waals surface area contributed by atoms with Gasteiger partial charge in [-0.2, -0.15) is 5.10 Å².